The molecular formula is C18H19N3. The Morgan fingerprint density at radius 3 is 2.52 bits per heavy atom. The predicted octanol–water partition coefficient (Wildman–Crippen LogP) is 4.21. The third-order valence-corrected chi connectivity index (χ3v) is 3.85. The minimum absolute atomic E-state index is 0.790. The molecule has 0 saturated carbocycles. The number of rotatable bonds is 3. The minimum atomic E-state index is 0.790. The zero-order valence-electron chi connectivity index (χ0n) is 12.6. The predicted molar refractivity (Wildman–Crippen MR) is 88.6 cm³/mol. The molecule has 0 aliphatic heterocycles. The molecule has 0 bridgehead atoms. The maximum Gasteiger partial charge on any atom is 0.162 e. The van der Waals surface area contributed by atoms with Crippen LogP contribution in [0.15, 0.2) is 42.5 Å². The van der Waals surface area contributed by atoms with Crippen molar-refractivity contribution in [3.8, 4) is 11.4 Å². The Bertz CT molecular complexity index is 763. The van der Waals surface area contributed by atoms with Gasteiger partial charge in [-0.1, -0.05) is 49.4 Å². The van der Waals surface area contributed by atoms with Crippen molar-refractivity contribution in [2.24, 2.45) is 0 Å². The summed E-state index contributed by atoms with van der Waals surface area (Å²) in [6.45, 7) is 4.19. The largest absolute Gasteiger partial charge is 0.373 e. The molecule has 0 amide bonds. The molecule has 0 unspecified atom stereocenters. The summed E-state index contributed by atoms with van der Waals surface area (Å²) in [5, 5.41) is 5.58. The molecule has 0 atom stereocenters. The van der Waals surface area contributed by atoms with Gasteiger partial charge < -0.3 is 5.32 Å². The van der Waals surface area contributed by atoms with E-state index >= 15 is 0 Å². The van der Waals surface area contributed by atoms with Crippen molar-refractivity contribution < 1.29 is 0 Å². The van der Waals surface area contributed by atoms with Gasteiger partial charge in [0.25, 0.3) is 0 Å². The van der Waals surface area contributed by atoms with Crippen molar-refractivity contribution >= 4 is 16.6 Å². The smallest absolute Gasteiger partial charge is 0.162 e. The second kappa shape index (κ2) is 5.52. The van der Waals surface area contributed by atoms with E-state index in [9.17, 15) is 0 Å². The first-order valence-electron chi connectivity index (χ1n) is 7.28. The summed E-state index contributed by atoms with van der Waals surface area (Å²) in [6, 6.07) is 14.6. The highest BCUT2D eigenvalue weighted by Crippen LogP contribution is 2.28. The third-order valence-electron chi connectivity index (χ3n) is 3.85. The van der Waals surface area contributed by atoms with Crippen molar-refractivity contribution in [3.05, 3.63) is 53.7 Å². The maximum absolute atomic E-state index is 4.77. The van der Waals surface area contributed by atoms with Crippen LogP contribution >= 0.6 is 0 Å². The first-order valence-corrected chi connectivity index (χ1v) is 7.28. The highest BCUT2D eigenvalue weighted by molar-refractivity contribution is 5.95. The fourth-order valence-electron chi connectivity index (χ4n) is 2.69. The lowest BCUT2D eigenvalue weighted by Crippen LogP contribution is -2.04. The molecule has 2 aromatic carbocycles. The maximum atomic E-state index is 4.77. The van der Waals surface area contributed by atoms with E-state index in [-0.39, 0.29) is 0 Å². The summed E-state index contributed by atoms with van der Waals surface area (Å²) in [5.41, 5.74) is 3.31. The summed E-state index contributed by atoms with van der Waals surface area (Å²) >= 11 is 0. The average Bonchev–Trinajstić information content (AvgIpc) is 2.54. The topological polar surface area (TPSA) is 37.8 Å². The van der Waals surface area contributed by atoms with Gasteiger partial charge in [-0.05, 0) is 24.1 Å². The fourth-order valence-corrected chi connectivity index (χ4v) is 2.69. The van der Waals surface area contributed by atoms with E-state index in [4.69, 9.17) is 9.97 Å². The van der Waals surface area contributed by atoms with Crippen LogP contribution in [0.1, 0.15) is 18.2 Å². The SMILES string of the molecule is CCc1nc(-c2cccc3ccccc23)nc(NC)c1C. The van der Waals surface area contributed by atoms with Crippen LogP contribution in [0.3, 0.4) is 0 Å². The Morgan fingerprint density at radius 1 is 1.00 bits per heavy atom. The first kappa shape index (κ1) is 13.6. The molecule has 0 fully saturated rings. The van der Waals surface area contributed by atoms with Crippen LogP contribution in [0.2, 0.25) is 0 Å². The third kappa shape index (κ3) is 2.35. The van der Waals surface area contributed by atoms with Crippen LogP contribution in [0.25, 0.3) is 22.2 Å². The number of hydrogen-bond donors (Lipinski definition) is 1. The van der Waals surface area contributed by atoms with Gasteiger partial charge >= 0.3 is 0 Å². The van der Waals surface area contributed by atoms with E-state index in [1.165, 1.54) is 10.8 Å². The molecule has 0 aliphatic carbocycles. The number of aryl methyl sites for hydroxylation is 1. The van der Waals surface area contributed by atoms with Crippen molar-refractivity contribution in [2.75, 3.05) is 12.4 Å². The van der Waals surface area contributed by atoms with E-state index in [0.717, 1.165) is 34.9 Å². The second-order valence-electron chi connectivity index (χ2n) is 5.10. The van der Waals surface area contributed by atoms with E-state index in [2.05, 4.69) is 61.6 Å². The van der Waals surface area contributed by atoms with E-state index in [1.54, 1.807) is 0 Å². The van der Waals surface area contributed by atoms with Gasteiger partial charge in [-0.15, -0.1) is 0 Å². The minimum Gasteiger partial charge on any atom is -0.373 e. The van der Waals surface area contributed by atoms with Crippen molar-refractivity contribution in [2.45, 2.75) is 20.3 Å². The van der Waals surface area contributed by atoms with Crippen molar-refractivity contribution in [1.82, 2.24) is 9.97 Å². The Morgan fingerprint density at radius 2 is 1.76 bits per heavy atom. The molecule has 3 aromatic rings. The highest BCUT2D eigenvalue weighted by atomic mass is 15.0. The molecule has 3 heteroatoms. The molecule has 0 radical (unpaired) electrons. The summed E-state index contributed by atoms with van der Waals surface area (Å²) < 4.78 is 0. The molecule has 21 heavy (non-hydrogen) atoms. The Balaban J connectivity index is 2.28. The van der Waals surface area contributed by atoms with Crippen molar-refractivity contribution in [3.63, 3.8) is 0 Å². The van der Waals surface area contributed by atoms with Gasteiger partial charge in [0.1, 0.15) is 5.82 Å². The lowest BCUT2D eigenvalue weighted by atomic mass is 10.0. The van der Waals surface area contributed by atoms with E-state index in [1.807, 2.05) is 7.05 Å². The summed E-state index contributed by atoms with van der Waals surface area (Å²) in [4.78, 5) is 9.47. The quantitative estimate of drug-likeness (QED) is 0.779. The molecular weight excluding hydrogens is 258 g/mol. The molecule has 1 N–H and O–H groups in total. The van der Waals surface area contributed by atoms with Gasteiger partial charge in [-0.3, -0.25) is 0 Å². The van der Waals surface area contributed by atoms with Gasteiger partial charge in [0, 0.05) is 23.9 Å². The lowest BCUT2D eigenvalue weighted by Gasteiger charge is -2.12. The summed E-state index contributed by atoms with van der Waals surface area (Å²) in [6.07, 6.45) is 0.904. The average molecular weight is 277 g/mol. The molecule has 3 rings (SSSR count). The Labute approximate surface area is 125 Å². The molecule has 1 aromatic heterocycles. The number of nitrogens with zero attached hydrogens (tertiary/aromatic N) is 2. The molecule has 3 nitrogen and oxygen atoms in total. The van der Waals surface area contributed by atoms with Crippen LogP contribution in [-0.4, -0.2) is 17.0 Å². The number of aromatic nitrogens is 2. The fraction of sp³-hybridized carbons (Fsp3) is 0.222. The number of nitrogens with one attached hydrogen (secondary N) is 1. The van der Waals surface area contributed by atoms with Crippen LogP contribution in [0.5, 0.6) is 0 Å². The zero-order valence-corrected chi connectivity index (χ0v) is 12.6. The van der Waals surface area contributed by atoms with Crippen molar-refractivity contribution in [1.29, 1.82) is 0 Å². The standard InChI is InChI=1S/C18H19N3/c1-4-16-12(2)17(19-3)21-18(20-16)15-11-7-9-13-8-5-6-10-14(13)15/h5-11H,4H2,1-3H3,(H,19,20,21). The first-order chi connectivity index (χ1) is 10.2. The normalized spacial score (nSPS) is 10.8. The second-order valence-corrected chi connectivity index (χ2v) is 5.10. The van der Waals surface area contributed by atoms with Crippen LogP contribution in [-0.2, 0) is 6.42 Å². The van der Waals surface area contributed by atoms with E-state index < -0.39 is 0 Å². The van der Waals surface area contributed by atoms with Gasteiger partial charge in [-0.25, -0.2) is 9.97 Å². The van der Waals surface area contributed by atoms with Crippen LogP contribution in [0, 0.1) is 6.92 Å². The van der Waals surface area contributed by atoms with Gasteiger partial charge in [0.15, 0.2) is 5.82 Å². The zero-order chi connectivity index (χ0) is 14.8. The molecule has 1 heterocycles. The molecule has 106 valence electrons. The van der Waals surface area contributed by atoms with Crippen LogP contribution in [0.4, 0.5) is 5.82 Å². The van der Waals surface area contributed by atoms with E-state index in [0.29, 0.717) is 0 Å². The number of anilines is 1. The summed E-state index contributed by atoms with van der Waals surface area (Å²) in [7, 11) is 1.90. The highest BCUT2D eigenvalue weighted by Gasteiger charge is 2.12. The summed E-state index contributed by atoms with van der Waals surface area (Å²) in [5.74, 6) is 1.70. The van der Waals surface area contributed by atoms with Gasteiger partial charge in [0.2, 0.25) is 0 Å². The monoisotopic (exact) mass is 277 g/mol. The molecule has 0 spiro atoms. The molecule has 0 saturated heterocycles. The molecule has 0 aliphatic rings. The number of hydrogen-bond acceptors (Lipinski definition) is 3. The Hall–Kier alpha value is -2.42. The Kier molecular flexibility index (Phi) is 3.57. The lowest BCUT2D eigenvalue weighted by molar-refractivity contribution is 0.978. The number of fused-ring (bicyclic) bond motifs is 1. The van der Waals surface area contributed by atoms with Gasteiger partial charge in [-0.2, -0.15) is 0 Å². The number of benzene rings is 2. The van der Waals surface area contributed by atoms with Gasteiger partial charge in [0.05, 0.1) is 0 Å². The van der Waals surface area contributed by atoms with Crippen LogP contribution < -0.4 is 5.32 Å².